The van der Waals surface area contributed by atoms with Gasteiger partial charge in [0.2, 0.25) is 12.5 Å². The molecule has 1 aliphatic rings. The van der Waals surface area contributed by atoms with Crippen molar-refractivity contribution in [3.05, 3.63) is 47.0 Å². The van der Waals surface area contributed by atoms with Crippen LogP contribution in [0.4, 0.5) is 5.69 Å². The molecular formula is C19H21NO7. The van der Waals surface area contributed by atoms with Crippen molar-refractivity contribution in [3.63, 3.8) is 0 Å². The summed E-state index contributed by atoms with van der Waals surface area (Å²) in [5.41, 5.74) is 4.71. The number of carbonyl (C=O) groups is 2. The second-order valence-corrected chi connectivity index (χ2v) is 5.87. The summed E-state index contributed by atoms with van der Waals surface area (Å²) in [5.74, 6) is -1.51. The Labute approximate surface area is 156 Å². The van der Waals surface area contributed by atoms with E-state index in [0.29, 0.717) is 18.0 Å². The zero-order valence-corrected chi connectivity index (χ0v) is 15.2. The van der Waals surface area contributed by atoms with E-state index in [0.717, 1.165) is 17.0 Å². The predicted octanol–water partition coefficient (Wildman–Crippen LogP) is 2.81. The quantitative estimate of drug-likeness (QED) is 0.699. The van der Waals surface area contributed by atoms with Gasteiger partial charge in [-0.1, -0.05) is 6.07 Å². The minimum atomic E-state index is -1.82. The number of ether oxygens (including phenoxy) is 3. The van der Waals surface area contributed by atoms with Gasteiger partial charge in [0, 0.05) is 12.2 Å². The largest absolute Gasteiger partial charge is 0.493 e. The molecule has 2 aromatic carbocycles. The Bertz CT molecular complexity index is 816. The summed E-state index contributed by atoms with van der Waals surface area (Å²) in [6.07, 6.45) is 0. The van der Waals surface area contributed by atoms with Crippen LogP contribution in [-0.4, -0.2) is 36.1 Å². The molecule has 0 bridgehead atoms. The minimum absolute atomic E-state index is 0.250. The molecule has 0 radical (unpaired) electrons. The highest BCUT2D eigenvalue weighted by Crippen LogP contribution is 2.41. The highest BCUT2D eigenvalue weighted by molar-refractivity contribution is 6.27. The van der Waals surface area contributed by atoms with Crippen molar-refractivity contribution in [1.82, 2.24) is 0 Å². The number of fused-ring (bicyclic) bond motifs is 1. The summed E-state index contributed by atoms with van der Waals surface area (Å²) in [6.45, 7) is 5.15. The fraction of sp³-hybridized carbons (Fsp3) is 0.263. The maximum atomic E-state index is 9.10. The lowest BCUT2D eigenvalue weighted by molar-refractivity contribution is -0.159. The molecule has 0 spiro atoms. The van der Waals surface area contributed by atoms with Crippen molar-refractivity contribution in [2.75, 3.05) is 19.2 Å². The molecule has 0 aromatic heterocycles. The number of anilines is 1. The average Bonchev–Trinajstić information content (AvgIpc) is 3.07. The van der Waals surface area contributed by atoms with E-state index >= 15 is 0 Å². The van der Waals surface area contributed by atoms with E-state index in [2.05, 4.69) is 37.4 Å². The van der Waals surface area contributed by atoms with Gasteiger partial charge in [-0.25, -0.2) is 9.59 Å². The van der Waals surface area contributed by atoms with Gasteiger partial charge in [-0.2, -0.15) is 0 Å². The first-order valence-electron chi connectivity index (χ1n) is 8.05. The Morgan fingerprint density at radius 2 is 1.67 bits per heavy atom. The number of rotatable bonds is 4. The third-order valence-corrected chi connectivity index (χ3v) is 3.62. The minimum Gasteiger partial charge on any atom is -0.493 e. The number of hydrogen-bond donors (Lipinski definition) is 3. The maximum Gasteiger partial charge on any atom is 0.414 e. The van der Waals surface area contributed by atoms with E-state index in [9.17, 15) is 0 Å². The molecule has 0 saturated carbocycles. The van der Waals surface area contributed by atoms with E-state index in [-0.39, 0.29) is 6.79 Å². The molecule has 0 unspecified atom stereocenters. The molecule has 0 aliphatic carbocycles. The first kappa shape index (κ1) is 19.9. The topological polar surface area (TPSA) is 114 Å². The lowest BCUT2D eigenvalue weighted by Crippen LogP contribution is -2.09. The summed E-state index contributed by atoms with van der Waals surface area (Å²) in [4.78, 5) is 18.2. The van der Waals surface area contributed by atoms with Gasteiger partial charge in [0.15, 0.2) is 11.5 Å². The predicted molar refractivity (Wildman–Crippen MR) is 97.6 cm³/mol. The van der Waals surface area contributed by atoms with Crippen LogP contribution < -0.4 is 19.5 Å². The van der Waals surface area contributed by atoms with Gasteiger partial charge < -0.3 is 29.7 Å². The zero-order chi connectivity index (χ0) is 20.0. The number of benzene rings is 2. The molecule has 1 heterocycles. The van der Waals surface area contributed by atoms with Crippen molar-refractivity contribution in [2.45, 2.75) is 20.4 Å². The number of methoxy groups -OCH3 is 1. The fourth-order valence-corrected chi connectivity index (χ4v) is 2.57. The van der Waals surface area contributed by atoms with Crippen molar-refractivity contribution in [2.24, 2.45) is 0 Å². The van der Waals surface area contributed by atoms with Gasteiger partial charge in [-0.05, 0) is 54.8 Å². The Kier molecular flexibility index (Phi) is 6.48. The van der Waals surface area contributed by atoms with Crippen molar-refractivity contribution in [3.8, 4) is 17.2 Å². The van der Waals surface area contributed by atoms with Crippen molar-refractivity contribution in [1.29, 1.82) is 0 Å². The Hall–Kier alpha value is -3.42. The van der Waals surface area contributed by atoms with Crippen LogP contribution in [0.3, 0.4) is 0 Å². The van der Waals surface area contributed by atoms with Gasteiger partial charge in [0.1, 0.15) is 0 Å². The van der Waals surface area contributed by atoms with Crippen molar-refractivity contribution >= 4 is 17.6 Å². The molecule has 3 rings (SSSR count). The molecule has 3 N–H and O–H groups in total. The monoisotopic (exact) mass is 375 g/mol. The molecule has 27 heavy (non-hydrogen) atoms. The molecule has 8 nitrogen and oxygen atoms in total. The standard InChI is InChI=1S/C17H19NO3.C2H2O4/c1-11-4-12(2)6-14(5-11)18-9-13-7-15(19-3)17-16(8-13)20-10-21-17;3-1(4)2(5)6/h4-8,18H,9-10H2,1-3H3;(H,3,4)(H,5,6). The molecule has 0 atom stereocenters. The van der Waals surface area contributed by atoms with Crippen LogP contribution in [-0.2, 0) is 16.1 Å². The lowest BCUT2D eigenvalue weighted by Gasteiger charge is -2.11. The third kappa shape index (κ3) is 5.53. The van der Waals surface area contributed by atoms with Gasteiger partial charge in [-0.3, -0.25) is 0 Å². The van der Waals surface area contributed by atoms with Crippen LogP contribution in [0.2, 0.25) is 0 Å². The third-order valence-electron chi connectivity index (χ3n) is 3.62. The maximum absolute atomic E-state index is 9.10. The van der Waals surface area contributed by atoms with Gasteiger partial charge in [0.25, 0.3) is 0 Å². The van der Waals surface area contributed by atoms with Crippen LogP contribution in [0.15, 0.2) is 30.3 Å². The average molecular weight is 375 g/mol. The smallest absolute Gasteiger partial charge is 0.414 e. The summed E-state index contributed by atoms with van der Waals surface area (Å²) in [5, 5.41) is 18.2. The van der Waals surface area contributed by atoms with E-state index in [1.54, 1.807) is 7.11 Å². The normalized spacial score (nSPS) is 11.2. The number of aliphatic carboxylic acids is 2. The molecular weight excluding hydrogens is 354 g/mol. The number of aryl methyl sites for hydroxylation is 2. The van der Waals surface area contributed by atoms with Crippen LogP contribution in [0.25, 0.3) is 0 Å². The second-order valence-electron chi connectivity index (χ2n) is 5.87. The van der Waals surface area contributed by atoms with E-state index in [4.69, 9.17) is 34.0 Å². The highest BCUT2D eigenvalue weighted by atomic mass is 16.7. The molecule has 1 aliphatic heterocycles. The second kappa shape index (κ2) is 8.79. The van der Waals surface area contributed by atoms with Gasteiger partial charge >= 0.3 is 11.9 Å². The summed E-state index contributed by atoms with van der Waals surface area (Å²) in [6, 6.07) is 10.4. The van der Waals surface area contributed by atoms with Crippen LogP contribution in [0.1, 0.15) is 16.7 Å². The molecule has 2 aromatic rings. The van der Waals surface area contributed by atoms with Crippen molar-refractivity contribution < 1.29 is 34.0 Å². The molecule has 0 amide bonds. The van der Waals surface area contributed by atoms with Crippen LogP contribution >= 0.6 is 0 Å². The van der Waals surface area contributed by atoms with Crippen LogP contribution in [0.5, 0.6) is 17.2 Å². The first-order chi connectivity index (χ1) is 12.8. The Morgan fingerprint density at radius 3 is 2.22 bits per heavy atom. The summed E-state index contributed by atoms with van der Waals surface area (Å²) < 4.78 is 16.2. The fourth-order valence-electron chi connectivity index (χ4n) is 2.57. The number of hydrogen-bond acceptors (Lipinski definition) is 6. The molecule has 144 valence electrons. The Balaban J connectivity index is 0.000000380. The van der Waals surface area contributed by atoms with Crippen LogP contribution in [0, 0.1) is 13.8 Å². The summed E-state index contributed by atoms with van der Waals surface area (Å²) in [7, 11) is 1.64. The van der Waals surface area contributed by atoms with E-state index < -0.39 is 11.9 Å². The highest BCUT2D eigenvalue weighted by Gasteiger charge is 2.19. The van der Waals surface area contributed by atoms with Gasteiger partial charge in [0.05, 0.1) is 7.11 Å². The zero-order valence-electron chi connectivity index (χ0n) is 15.2. The first-order valence-corrected chi connectivity index (χ1v) is 8.05. The SMILES string of the molecule is COc1cc(CNc2cc(C)cc(C)c2)cc2c1OCO2.O=C(O)C(=O)O. The number of carboxylic acids is 2. The molecule has 0 saturated heterocycles. The van der Waals surface area contributed by atoms with E-state index in [1.165, 1.54) is 11.1 Å². The Morgan fingerprint density at radius 1 is 1.04 bits per heavy atom. The van der Waals surface area contributed by atoms with E-state index in [1.807, 2.05) is 12.1 Å². The lowest BCUT2D eigenvalue weighted by atomic mass is 10.1. The summed E-state index contributed by atoms with van der Waals surface area (Å²) >= 11 is 0. The molecule has 8 heteroatoms. The number of nitrogens with one attached hydrogen (secondary N) is 1. The molecule has 0 fully saturated rings. The number of carboxylic acid groups (broad SMARTS) is 2. The van der Waals surface area contributed by atoms with Gasteiger partial charge in [-0.15, -0.1) is 0 Å².